The number of esters is 1. The normalized spacial score (nSPS) is 10.5. The van der Waals surface area contributed by atoms with Crippen LogP contribution in [-0.2, 0) is 20.9 Å². The highest BCUT2D eigenvalue weighted by Gasteiger charge is 2.14. The Balaban J connectivity index is 1.50. The Morgan fingerprint density at radius 2 is 1.65 bits per heavy atom. The van der Waals surface area contributed by atoms with E-state index < -0.39 is 5.97 Å². The van der Waals surface area contributed by atoms with Gasteiger partial charge in [0, 0.05) is 18.0 Å². The third kappa shape index (κ3) is 5.90. The van der Waals surface area contributed by atoms with Crippen molar-refractivity contribution in [2.24, 2.45) is 0 Å². The molecule has 1 N–H and O–H groups in total. The smallest absolute Gasteiger partial charge is 0.338 e. The van der Waals surface area contributed by atoms with Gasteiger partial charge in [-0.15, -0.1) is 0 Å². The van der Waals surface area contributed by atoms with E-state index in [4.69, 9.17) is 9.47 Å². The molecule has 0 aliphatic carbocycles. The minimum Gasteiger partial charge on any atom is -0.465 e. The van der Waals surface area contributed by atoms with Crippen molar-refractivity contribution in [1.29, 1.82) is 0 Å². The number of carbonyl (C=O) groups is 2. The van der Waals surface area contributed by atoms with Crippen LogP contribution in [0.5, 0.6) is 0 Å². The molecule has 4 rings (SSSR count). The number of ether oxygens (including phenoxy) is 2. The Hall–Kier alpha value is -4.36. The number of pyridine rings is 2. The van der Waals surface area contributed by atoms with Gasteiger partial charge in [0.1, 0.15) is 12.4 Å². The number of benzene rings is 2. The van der Waals surface area contributed by atoms with Crippen LogP contribution in [0.3, 0.4) is 0 Å². The quantitative estimate of drug-likeness (QED) is 0.387. The van der Waals surface area contributed by atoms with E-state index in [1.165, 1.54) is 13.2 Å². The third-order valence-corrected chi connectivity index (χ3v) is 5.03. The predicted octanol–water partition coefficient (Wildman–Crippen LogP) is 4.75. The van der Waals surface area contributed by atoms with Crippen LogP contribution in [0.4, 0.5) is 5.82 Å². The van der Waals surface area contributed by atoms with E-state index in [9.17, 15) is 9.59 Å². The van der Waals surface area contributed by atoms with Gasteiger partial charge in [0.05, 0.1) is 25.0 Å². The van der Waals surface area contributed by atoms with Crippen LogP contribution < -0.4 is 5.32 Å². The molecule has 0 bridgehead atoms. The van der Waals surface area contributed by atoms with Crippen molar-refractivity contribution in [3.8, 4) is 22.4 Å². The average Bonchev–Trinajstić information content (AvgIpc) is 2.89. The topological polar surface area (TPSA) is 90.4 Å². The molecule has 2 heterocycles. The van der Waals surface area contributed by atoms with Crippen molar-refractivity contribution in [2.75, 3.05) is 19.0 Å². The molecule has 1 amide bonds. The number of aromatic nitrogens is 2. The van der Waals surface area contributed by atoms with Crippen LogP contribution in [0.25, 0.3) is 22.4 Å². The second-order valence-corrected chi connectivity index (χ2v) is 7.46. The first kappa shape index (κ1) is 22.8. The number of methoxy groups -OCH3 is 1. The standard InChI is InChI=1S/C27H23N3O4/c1-33-27(32)23-14-24(21-11-9-20(10-12-21)22-8-5-13-28-16-22)29-25(15-23)30-26(31)18-34-17-19-6-3-2-4-7-19/h2-16H,17-18H2,1H3,(H,29,30,31). The molecule has 0 aliphatic heterocycles. The molecule has 7 heteroatoms. The molecular formula is C27H23N3O4. The summed E-state index contributed by atoms with van der Waals surface area (Å²) in [4.78, 5) is 33.3. The van der Waals surface area contributed by atoms with Crippen molar-refractivity contribution in [3.05, 3.63) is 102 Å². The maximum atomic E-state index is 12.4. The van der Waals surface area contributed by atoms with E-state index in [0.717, 1.165) is 22.3 Å². The Bertz CT molecular complexity index is 1260. The summed E-state index contributed by atoms with van der Waals surface area (Å²) in [6, 6.07) is 24.3. The van der Waals surface area contributed by atoms with E-state index in [0.29, 0.717) is 12.3 Å². The van der Waals surface area contributed by atoms with E-state index >= 15 is 0 Å². The van der Waals surface area contributed by atoms with Crippen LogP contribution in [0.15, 0.2) is 91.3 Å². The fourth-order valence-electron chi connectivity index (χ4n) is 3.36. The lowest BCUT2D eigenvalue weighted by molar-refractivity contribution is -0.121. The molecule has 0 atom stereocenters. The van der Waals surface area contributed by atoms with E-state index in [2.05, 4.69) is 15.3 Å². The number of hydrogen-bond acceptors (Lipinski definition) is 6. The molecule has 34 heavy (non-hydrogen) atoms. The second kappa shape index (κ2) is 11.0. The number of rotatable bonds is 8. The molecule has 0 fully saturated rings. The number of carbonyl (C=O) groups excluding carboxylic acids is 2. The van der Waals surface area contributed by atoms with Gasteiger partial charge >= 0.3 is 5.97 Å². The maximum Gasteiger partial charge on any atom is 0.338 e. The van der Waals surface area contributed by atoms with Crippen molar-refractivity contribution in [2.45, 2.75) is 6.61 Å². The van der Waals surface area contributed by atoms with Crippen LogP contribution in [0, 0.1) is 0 Å². The van der Waals surface area contributed by atoms with Crippen molar-refractivity contribution in [3.63, 3.8) is 0 Å². The number of nitrogens with one attached hydrogen (secondary N) is 1. The zero-order valence-electron chi connectivity index (χ0n) is 18.6. The molecule has 4 aromatic rings. The van der Waals surface area contributed by atoms with Gasteiger partial charge in [-0.25, -0.2) is 9.78 Å². The molecule has 0 saturated heterocycles. The molecule has 170 valence electrons. The monoisotopic (exact) mass is 453 g/mol. The van der Waals surface area contributed by atoms with E-state index in [1.54, 1.807) is 18.5 Å². The van der Waals surface area contributed by atoms with Crippen LogP contribution in [0.1, 0.15) is 15.9 Å². The lowest BCUT2D eigenvalue weighted by atomic mass is 10.0. The summed E-state index contributed by atoms with van der Waals surface area (Å²) >= 11 is 0. The highest BCUT2D eigenvalue weighted by Crippen LogP contribution is 2.25. The fourth-order valence-corrected chi connectivity index (χ4v) is 3.36. The van der Waals surface area contributed by atoms with Gasteiger partial charge in [0.15, 0.2) is 0 Å². The molecular weight excluding hydrogens is 430 g/mol. The zero-order valence-corrected chi connectivity index (χ0v) is 18.6. The van der Waals surface area contributed by atoms with Gasteiger partial charge in [-0.3, -0.25) is 9.78 Å². The van der Waals surface area contributed by atoms with Gasteiger partial charge in [-0.2, -0.15) is 0 Å². The molecule has 2 aromatic heterocycles. The van der Waals surface area contributed by atoms with Gasteiger partial charge in [-0.1, -0.05) is 60.7 Å². The first-order valence-corrected chi connectivity index (χ1v) is 10.6. The van der Waals surface area contributed by atoms with E-state index in [1.807, 2.05) is 66.7 Å². The first-order valence-electron chi connectivity index (χ1n) is 10.6. The fraction of sp³-hybridized carbons (Fsp3) is 0.111. The Kier molecular flexibility index (Phi) is 7.37. The third-order valence-electron chi connectivity index (χ3n) is 5.03. The van der Waals surface area contributed by atoms with Gasteiger partial charge < -0.3 is 14.8 Å². The summed E-state index contributed by atoms with van der Waals surface area (Å²) in [6.07, 6.45) is 3.52. The maximum absolute atomic E-state index is 12.4. The minimum absolute atomic E-state index is 0.145. The zero-order chi connectivity index (χ0) is 23.8. The first-order chi connectivity index (χ1) is 16.6. The van der Waals surface area contributed by atoms with Crippen molar-refractivity contribution in [1.82, 2.24) is 9.97 Å². The highest BCUT2D eigenvalue weighted by molar-refractivity contribution is 5.95. The lowest BCUT2D eigenvalue weighted by Gasteiger charge is -2.11. The molecule has 0 unspecified atom stereocenters. The number of amides is 1. The Labute approximate surface area is 197 Å². The van der Waals surface area contributed by atoms with Crippen molar-refractivity contribution >= 4 is 17.7 Å². The van der Waals surface area contributed by atoms with E-state index in [-0.39, 0.29) is 23.9 Å². The molecule has 2 aromatic carbocycles. The summed E-state index contributed by atoms with van der Waals surface area (Å²) < 4.78 is 10.4. The molecule has 0 radical (unpaired) electrons. The lowest BCUT2D eigenvalue weighted by Crippen LogP contribution is -2.19. The van der Waals surface area contributed by atoms with Crippen LogP contribution in [-0.4, -0.2) is 35.6 Å². The molecule has 0 aliphatic rings. The largest absolute Gasteiger partial charge is 0.465 e. The Morgan fingerprint density at radius 3 is 2.35 bits per heavy atom. The molecule has 0 saturated carbocycles. The summed E-state index contributed by atoms with van der Waals surface area (Å²) in [6.45, 7) is 0.173. The summed E-state index contributed by atoms with van der Waals surface area (Å²) in [7, 11) is 1.31. The number of hydrogen-bond donors (Lipinski definition) is 1. The minimum atomic E-state index is -0.522. The highest BCUT2D eigenvalue weighted by atomic mass is 16.5. The van der Waals surface area contributed by atoms with Crippen LogP contribution >= 0.6 is 0 Å². The van der Waals surface area contributed by atoms with Crippen LogP contribution in [0.2, 0.25) is 0 Å². The Morgan fingerprint density at radius 1 is 0.882 bits per heavy atom. The summed E-state index contributed by atoms with van der Waals surface area (Å²) in [5, 5.41) is 2.70. The number of anilines is 1. The number of nitrogens with zero attached hydrogens (tertiary/aromatic N) is 2. The van der Waals surface area contributed by atoms with Crippen molar-refractivity contribution < 1.29 is 19.1 Å². The summed E-state index contributed by atoms with van der Waals surface area (Å²) in [5.74, 6) is -0.655. The SMILES string of the molecule is COC(=O)c1cc(NC(=O)COCc2ccccc2)nc(-c2ccc(-c3cccnc3)cc2)c1. The van der Waals surface area contributed by atoms with Gasteiger partial charge in [0.2, 0.25) is 0 Å². The molecule has 7 nitrogen and oxygen atoms in total. The second-order valence-electron chi connectivity index (χ2n) is 7.46. The van der Waals surface area contributed by atoms with Gasteiger partial charge in [-0.05, 0) is 34.9 Å². The average molecular weight is 453 g/mol. The van der Waals surface area contributed by atoms with Gasteiger partial charge in [0.25, 0.3) is 5.91 Å². The predicted molar refractivity (Wildman–Crippen MR) is 129 cm³/mol. The molecule has 0 spiro atoms. The summed E-state index contributed by atoms with van der Waals surface area (Å²) in [5.41, 5.74) is 4.57.